The average Bonchev–Trinajstić information content (AvgIpc) is 2.61. The second-order valence-electron chi connectivity index (χ2n) is 4.76. The van der Waals surface area contributed by atoms with Crippen LogP contribution in [-0.4, -0.2) is 16.8 Å². The third kappa shape index (κ3) is 2.99. The Bertz CT molecular complexity index is 531. The first kappa shape index (κ1) is 15.3. The lowest BCUT2D eigenvalue weighted by atomic mass is 10.1. The van der Waals surface area contributed by atoms with E-state index in [2.05, 4.69) is 31.1 Å². The van der Waals surface area contributed by atoms with Crippen molar-refractivity contribution >= 4 is 51.1 Å². The summed E-state index contributed by atoms with van der Waals surface area (Å²) < 4.78 is 5.18. The smallest absolute Gasteiger partial charge is 0.118 e. The molecule has 2 unspecified atom stereocenters. The van der Waals surface area contributed by atoms with Gasteiger partial charge in [-0.25, -0.2) is 0 Å². The van der Waals surface area contributed by atoms with E-state index < -0.39 is 5.39 Å². The first-order valence-electron chi connectivity index (χ1n) is 6.22. The zero-order valence-electron chi connectivity index (χ0n) is 11.3. The number of methoxy groups -OCH3 is 1. The summed E-state index contributed by atoms with van der Waals surface area (Å²) in [5.41, 5.74) is 0. The van der Waals surface area contributed by atoms with Gasteiger partial charge in [-0.05, 0) is 37.6 Å². The fourth-order valence-corrected chi connectivity index (χ4v) is 11.2. The van der Waals surface area contributed by atoms with Crippen molar-refractivity contribution in [1.29, 1.82) is 0 Å². The van der Waals surface area contributed by atoms with Crippen LogP contribution in [0, 0.1) is 0 Å². The predicted octanol–water partition coefficient (Wildman–Crippen LogP) is 3.85. The number of thiocarbonyl (C=S) groups is 1. The van der Waals surface area contributed by atoms with Crippen LogP contribution in [0.3, 0.4) is 0 Å². The third-order valence-electron chi connectivity index (χ3n) is 3.20. The lowest BCUT2D eigenvalue weighted by molar-refractivity contribution is 0.415. The Morgan fingerprint density at radius 2 is 2.00 bits per heavy atom. The van der Waals surface area contributed by atoms with Crippen molar-refractivity contribution in [2.75, 3.05) is 7.11 Å². The molecule has 104 valence electrons. The van der Waals surface area contributed by atoms with Crippen molar-refractivity contribution in [3.05, 3.63) is 24.3 Å². The molecule has 0 radical (unpaired) electrons. The summed E-state index contributed by atoms with van der Waals surface area (Å²) >= 11 is 13.3. The number of nitrogens with one attached hydrogen (secondary N) is 1. The van der Waals surface area contributed by atoms with Crippen LogP contribution in [0.1, 0.15) is 26.7 Å². The summed E-state index contributed by atoms with van der Waals surface area (Å²) in [6.45, 7) is 4.39. The van der Waals surface area contributed by atoms with Gasteiger partial charge < -0.3 is 9.82 Å². The van der Waals surface area contributed by atoms with E-state index >= 15 is 0 Å². The van der Waals surface area contributed by atoms with Crippen LogP contribution >= 0.6 is 29.0 Å². The van der Waals surface area contributed by atoms with Crippen molar-refractivity contribution in [3.8, 4) is 5.75 Å². The third-order valence-corrected chi connectivity index (χ3v) is 11.1. The minimum Gasteiger partial charge on any atom is -0.497 e. The average molecular weight is 331 g/mol. The summed E-state index contributed by atoms with van der Waals surface area (Å²) in [6, 6.07) is 8.04. The van der Waals surface area contributed by atoms with Gasteiger partial charge in [0.2, 0.25) is 0 Å². The van der Waals surface area contributed by atoms with Gasteiger partial charge in [0.05, 0.1) is 16.8 Å². The van der Waals surface area contributed by atoms with E-state index in [-0.39, 0.29) is 4.75 Å². The number of ether oxygens (including phenoxy) is 1. The molecule has 0 spiro atoms. The Balaban J connectivity index is 2.29. The Morgan fingerprint density at radius 1 is 1.37 bits per heavy atom. The van der Waals surface area contributed by atoms with Crippen LogP contribution in [0.4, 0.5) is 0 Å². The molecule has 0 aromatic heterocycles. The second kappa shape index (κ2) is 5.72. The molecule has 1 aliphatic rings. The molecule has 1 heterocycles. The Hall–Kier alpha value is -0.0900. The summed E-state index contributed by atoms with van der Waals surface area (Å²) in [4.78, 5) is 0.915. The van der Waals surface area contributed by atoms with E-state index in [0.29, 0.717) is 0 Å². The van der Waals surface area contributed by atoms with Crippen molar-refractivity contribution < 1.29 is 4.74 Å². The molecular formula is C13H18NOPS3. The van der Waals surface area contributed by atoms with Crippen molar-refractivity contribution in [2.24, 2.45) is 0 Å². The molecule has 1 N–H and O–H groups in total. The molecule has 2 atom stereocenters. The van der Waals surface area contributed by atoms with E-state index in [4.69, 9.17) is 28.8 Å². The maximum atomic E-state index is 5.89. The van der Waals surface area contributed by atoms with Gasteiger partial charge in [-0.3, -0.25) is 0 Å². The van der Waals surface area contributed by atoms with Crippen molar-refractivity contribution in [2.45, 2.75) is 31.4 Å². The van der Waals surface area contributed by atoms with Crippen LogP contribution in [0.25, 0.3) is 0 Å². The lowest BCUT2D eigenvalue weighted by Gasteiger charge is -2.21. The first-order chi connectivity index (χ1) is 8.93. The highest BCUT2D eigenvalue weighted by Gasteiger charge is 2.44. The van der Waals surface area contributed by atoms with Gasteiger partial charge in [-0.1, -0.05) is 48.8 Å². The van der Waals surface area contributed by atoms with Gasteiger partial charge in [0, 0.05) is 5.30 Å². The van der Waals surface area contributed by atoms with Gasteiger partial charge >= 0.3 is 0 Å². The molecule has 1 saturated heterocycles. The van der Waals surface area contributed by atoms with Gasteiger partial charge in [0.25, 0.3) is 0 Å². The molecule has 0 saturated carbocycles. The summed E-state index contributed by atoms with van der Waals surface area (Å²) in [5, 5.41) is 2.74. The Morgan fingerprint density at radius 3 is 2.53 bits per heavy atom. The highest BCUT2D eigenvalue weighted by molar-refractivity contribution is 8.74. The highest BCUT2D eigenvalue weighted by atomic mass is 32.9. The SMILES string of the molecule is CCCC1(C)SP(=S)(c2ccc(OC)cc2)NC1=S. The number of benzene rings is 1. The standard InChI is InChI=1S/C13H18NOPS3/c1-4-9-13(2)12(17)14-16(18,19-13)11-7-5-10(15-3)6-8-11/h5-8H,4,9H2,1-3H3,(H,14,17,18). The maximum Gasteiger partial charge on any atom is 0.118 e. The maximum absolute atomic E-state index is 5.89. The van der Waals surface area contributed by atoms with Gasteiger partial charge in [-0.2, -0.15) is 0 Å². The molecule has 2 rings (SSSR count). The molecule has 0 bridgehead atoms. The van der Waals surface area contributed by atoms with Crippen molar-refractivity contribution in [1.82, 2.24) is 5.09 Å². The minimum atomic E-state index is -1.86. The highest BCUT2D eigenvalue weighted by Crippen LogP contribution is 2.66. The molecule has 0 aliphatic carbocycles. The van der Waals surface area contributed by atoms with Crippen LogP contribution in [0.5, 0.6) is 5.75 Å². The lowest BCUT2D eigenvalue weighted by Crippen LogP contribution is -2.31. The minimum absolute atomic E-state index is 0.0143. The van der Waals surface area contributed by atoms with Crippen molar-refractivity contribution in [3.63, 3.8) is 0 Å². The van der Waals surface area contributed by atoms with E-state index in [1.54, 1.807) is 7.11 Å². The predicted molar refractivity (Wildman–Crippen MR) is 93.6 cm³/mol. The monoisotopic (exact) mass is 331 g/mol. The fourth-order valence-electron chi connectivity index (χ4n) is 2.13. The van der Waals surface area contributed by atoms with Crippen LogP contribution in [0.2, 0.25) is 0 Å². The van der Waals surface area contributed by atoms with Crippen LogP contribution < -0.4 is 15.1 Å². The topological polar surface area (TPSA) is 21.3 Å². The largest absolute Gasteiger partial charge is 0.497 e. The molecule has 19 heavy (non-hydrogen) atoms. The number of hydrogen-bond donors (Lipinski definition) is 1. The Labute approximate surface area is 129 Å². The van der Waals surface area contributed by atoms with Crippen LogP contribution in [0.15, 0.2) is 24.3 Å². The zero-order chi connectivity index (χ0) is 14.1. The second-order valence-corrected chi connectivity index (χ2v) is 12.6. The molecule has 1 aliphatic heterocycles. The molecule has 6 heteroatoms. The van der Waals surface area contributed by atoms with Gasteiger partial charge in [0.15, 0.2) is 0 Å². The summed E-state index contributed by atoms with van der Waals surface area (Å²) in [6.07, 6.45) is 2.18. The summed E-state index contributed by atoms with van der Waals surface area (Å²) in [7, 11) is 1.67. The molecular weight excluding hydrogens is 313 g/mol. The van der Waals surface area contributed by atoms with Gasteiger partial charge in [-0.15, -0.1) is 0 Å². The van der Waals surface area contributed by atoms with Gasteiger partial charge in [0.1, 0.15) is 11.1 Å². The van der Waals surface area contributed by atoms with E-state index in [9.17, 15) is 0 Å². The number of rotatable bonds is 4. The zero-order valence-corrected chi connectivity index (χ0v) is 14.6. The number of hydrogen-bond acceptors (Lipinski definition) is 4. The van der Waals surface area contributed by atoms with E-state index in [0.717, 1.165) is 28.9 Å². The molecule has 0 amide bonds. The normalized spacial score (nSPS) is 30.2. The quantitative estimate of drug-likeness (QED) is 0.666. The molecule has 1 aromatic rings. The fraction of sp³-hybridized carbons (Fsp3) is 0.462. The van der Waals surface area contributed by atoms with Crippen LogP contribution in [-0.2, 0) is 11.8 Å². The Kier molecular flexibility index (Phi) is 4.61. The molecule has 1 fully saturated rings. The molecule has 1 aromatic carbocycles. The van der Waals surface area contributed by atoms with E-state index in [1.165, 1.54) is 0 Å². The summed E-state index contributed by atoms with van der Waals surface area (Å²) in [5.74, 6) is 0.855. The molecule has 2 nitrogen and oxygen atoms in total. The van der Waals surface area contributed by atoms with E-state index in [1.807, 2.05) is 23.5 Å². The first-order valence-corrected chi connectivity index (χ1v) is 10.8.